The van der Waals surface area contributed by atoms with E-state index >= 15 is 0 Å². The van der Waals surface area contributed by atoms with Crippen LogP contribution < -0.4 is 5.32 Å². The Hall–Kier alpha value is -1.84. The van der Waals surface area contributed by atoms with Crippen molar-refractivity contribution < 1.29 is 9.18 Å². The van der Waals surface area contributed by atoms with E-state index in [9.17, 15) is 9.18 Å². The van der Waals surface area contributed by atoms with Gasteiger partial charge in [0.25, 0.3) is 0 Å². The van der Waals surface area contributed by atoms with Gasteiger partial charge in [-0.3, -0.25) is 14.5 Å². The van der Waals surface area contributed by atoms with Crippen LogP contribution in [-0.2, 0) is 11.3 Å². The van der Waals surface area contributed by atoms with Crippen molar-refractivity contribution in [3.05, 3.63) is 56.3 Å². The minimum absolute atomic E-state index is 0.223. The highest BCUT2D eigenvalue weighted by molar-refractivity contribution is 9.10. The number of halogens is 2. The summed E-state index contributed by atoms with van der Waals surface area (Å²) in [4.78, 5) is 13.4. The summed E-state index contributed by atoms with van der Waals surface area (Å²) in [5, 5.41) is 11.7. The van der Waals surface area contributed by atoms with Crippen LogP contribution in [0.25, 0.3) is 10.7 Å². The first-order valence-electron chi connectivity index (χ1n) is 7.40. The third kappa shape index (κ3) is 3.88. The van der Waals surface area contributed by atoms with Crippen molar-refractivity contribution in [3.8, 4) is 10.7 Å². The highest BCUT2D eigenvalue weighted by atomic mass is 79.9. The van der Waals surface area contributed by atoms with E-state index in [0.29, 0.717) is 20.6 Å². The Labute approximate surface area is 161 Å². The summed E-state index contributed by atoms with van der Waals surface area (Å²) in [7, 11) is 0. The molecule has 0 aliphatic rings. The molecular weight excluding hydrogens is 427 g/mol. The van der Waals surface area contributed by atoms with E-state index in [1.165, 1.54) is 17.4 Å². The van der Waals surface area contributed by atoms with Crippen LogP contribution in [0, 0.1) is 10.6 Å². The van der Waals surface area contributed by atoms with E-state index in [2.05, 4.69) is 31.4 Å². The lowest BCUT2D eigenvalue weighted by Gasteiger charge is -2.15. The molecular formula is C16H14BrFN4OS2. The molecule has 1 amide bonds. The maximum atomic E-state index is 13.6. The van der Waals surface area contributed by atoms with Crippen molar-refractivity contribution in [2.24, 2.45) is 0 Å². The number of carbonyl (C=O) groups is 1. The molecule has 0 radical (unpaired) electrons. The average Bonchev–Trinajstić information content (AvgIpc) is 3.24. The molecule has 0 saturated carbocycles. The van der Waals surface area contributed by atoms with Crippen molar-refractivity contribution >= 4 is 45.4 Å². The number of benzene rings is 1. The van der Waals surface area contributed by atoms with E-state index in [1.807, 2.05) is 17.5 Å². The fourth-order valence-corrected chi connectivity index (χ4v) is 3.59. The Kier molecular flexibility index (Phi) is 5.45. The third-order valence-corrected chi connectivity index (χ3v) is 5.46. The summed E-state index contributed by atoms with van der Waals surface area (Å²) in [6.45, 7) is 1.98. The molecule has 9 heteroatoms. The minimum atomic E-state index is -0.552. The fraction of sp³-hybridized carbons (Fsp3) is 0.188. The molecule has 3 rings (SSSR count). The van der Waals surface area contributed by atoms with E-state index in [-0.39, 0.29) is 18.3 Å². The summed E-state index contributed by atoms with van der Waals surface area (Å²) in [5.74, 6) is 0.0350. The zero-order valence-corrected chi connectivity index (χ0v) is 16.3. The van der Waals surface area contributed by atoms with Crippen molar-refractivity contribution in [2.45, 2.75) is 19.5 Å². The SMILES string of the molecule is CC(C(=O)NCc1ccc(Br)c(F)c1)n1c(-c2cccs2)n[nH]c1=S. The first-order valence-corrected chi connectivity index (χ1v) is 9.48. The maximum Gasteiger partial charge on any atom is 0.243 e. The van der Waals surface area contributed by atoms with Gasteiger partial charge in [0.15, 0.2) is 10.6 Å². The predicted octanol–water partition coefficient (Wildman–Crippen LogP) is 4.45. The molecule has 0 saturated heterocycles. The molecule has 0 spiro atoms. The normalized spacial score (nSPS) is 12.1. The van der Waals surface area contributed by atoms with E-state index < -0.39 is 6.04 Å². The molecule has 2 N–H and O–H groups in total. The van der Waals surface area contributed by atoms with Gasteiger partial charge in [0.1, 0.15) is 11.9 Å². The van der Waals surface area contributed by atoms with Crippen molar-refractivity contribution in [1.82, 2.24) is 20.1 Å². The second-order valence-corrected chi connectivity index (χ2v) is 7.53. The van der Waals surface area contributed by atoms with Gasteiger partial charge in [-0.2, -0.15) is 5.10 Å². The Bertz CT molecular complexity index is 951. The molecule has 2 aromatic heterocycles. The summed E-state index contributed by atoms with van der Waals surface area (Å²) < 4.78 is 16.0. The van der Waals surface area contributed by atoms with Crippen LogP contribution in [0.1, 0.15) is 18.5 Å². The molecule has 1 atom stereocenters. The number of rotatable bonds is 5. The number of H-pyrrole nitrogens is 1. The molecule has 0 aliphatic carbocycles. The van der Waals surface area contributed by atoms with Crippen molar-refractivity contribution in [2.75, 3.05) is 0 Å². The number of nitrogens with one attached hydrogen (secondary N) is 2. The van der Waals surface area contributed by atoms with E-state index in [1.54, 1.807) is 23.6 Å². The Morgan fingerprint density at radius 1 is 1.52 bits per heavy atom. The lowest BCUT2D eigenvalue weighted by Crippen LogP contribution is -2.31. The smallest absolute Gasteiger partial charge is 0.243 e. The first-order chi connectivity index (χ1) is 12.0. The topological polar surface area (TPSA) is 62.7 Å². The molecule has 2 heterocycles. The second kappa shape index (κ2) is 7.59. The van der Waals surface area contributed by atoms with Crippen LogP contribution in [0.4, 0.5) is 4.39 Å². The number of hydrogen-bond donors (Lipinski definition) is 2. The lowest BCUT2D eigenvalue weighted by atomic mass is 10.2. The highest BCUT2D eigenvalue weighted by Crippen LogP contribution is 2.25. The molecule has 1 unspecified atom stereocenters. The van der Waals surface area contributed by atoms with Crippen LogP contribution in [0.15, 0.2) is 40.2 Å². The third-order valence-electron chi connectivity index (χ3n) is 3.66. The van der Waals surface area contributed by atoms with Gasteiger partial charge in [-0.05, 0) is 64.2 Å². The van der Waals surface area contributed by atoms with Crippen LogP contribution in [0.5, 0.6) is 0 Å². The monoisotopic (exact) mass is 440 g/mol. The summed E-state index contributed by atoms with van der Waals surface area (Å²) in [6, 6.07) is 8.02. The summed E-state index contributed by atoms with van der Waals surface area (Å²) in [6.07, 6.45) is 0. The minimum Gasteiger partial charge on any atom is -0.350 e. The fourth-order valence-electron chi connectivity index (χ4n) is 2.35. The molecule has 0 fully saturated rings. The molecule has 130 valence electrons. The molecule has 3 aromatic rings. The number of carbonyl (C=O) groups excluding carboxylic acids is 1. The lowest BCUT2D eigenvalue weighted by molar-refractivity contribution is -0.124. The van der Waals surface area contributed by atoms with Crippen molar-refractivity contribution in [3.63, 3.8) is 0 Å². The standard InChI is InChI=1S/C16H14BrFN4OS2/c1-9(15(23)19-8-10-4-5-11(17)12(18)7-10)22-14(20-21-16(22)24)13-3-2-6-25-13/h2-7,9H,8H2,1H3,(H,19,23)(H,21,24). The quantitative estimate of drug-likeness (QED) is 0.576. The zero-order valence-electron chi connectivity index (χ0n) is 13.1. The molecule has 0 aliphatic heterocycles. The van der Waals surface area contributed by atoms with Crippen molar-refractivity contribution in [1.29, 1.82) is 0 Å². The van der Waals surface area contributed by atoms with Crippen LogP contribution in [0.3, 0.4) is 0 Å². The van der Waals surface area contributed by atoms with Gasteiger partial charge in [-0.1, -0.05) is 12.1 Å². The number of aromatic amines is 1. The van der Waals surface area contributed by atoms with Crippen LogP contribution in [-0.4, -0.2) is 20.7 Å². The number of thiophene rings is 1. The Morgan fingerprint density at radius 2 is 2.32 bits per heavy atom. The van der Waals surface area contributed by atoms with Gasteiger partial charge in [-0.25, -0.2) is 4.39 Å². The van der Waals surface area contributed by atoms with Gasteiger partial charge in [0.2, 0.25) is 5.91 Å². The van der Waals surface area contributed by atoms with Gasteiger partial charge >= 0.3 is 0 Å². The number of hydrogen-bond acceptors (Lipinski definition) is 4. The Morgan fingerprint density at radius 3 is 3.00 bits per heavy atom. The summed E-state index contributed by atoms with van der Waals surface area (Å²) in [5.41, 5.74) is 0.676. The van der Waals surface area contributed by atoms with Crippen LogP contribution in [0.2, 0.25) is 0 Å². The molecule has 0 bridgehead atoms. The van der Waals surface area contributed by atoms with E-state index in [4.69, 9.17) is 12.2 Å². The number of amides is 1. The van der Waals surface area contributed by atoms with Gasteiger partial charge in [0, 0.05) is 6.54 Å². The highest BCUT2D eigenvalue weighted by Gasteiger charge is 2.21. The zero-order chi connectivity index (χ0) is 18.0. The number of nitrogens with zero attached hydrogens (tertiary/aromatic N) is 2. The molecule has 1 aromatic carbocycles. The molecule has 5 nitrogen and oxygen atoms in total. The average molecular weight is 441 g/mol. The maximum absolute atomic E-state index is 13.6. The summed E-state index contributed by atoms with van der Waals surface area (Å²) >= 11 is 9.89. The van der Waals surface area contributed by atoms with Crippen LogP contribution >= 0.6 is 39.5 Å². The first kappa shape index (κ1) is 18.0. The Balaban J connectivity index is 1.76. The molecule has 25 heavy (non-hydrogen) atoms. The number of aromatic nitrogens is 3. The van der Waals surface area contributed by atoms with Gasteiger partial charge < -0.3 is 5.32 Å². The predicted molar refractivity (Wildman–Crippen MR) is 101 cm³/mol. The largest absolute Gasteiger partial charge is 0.350 e. The van der Waals surface area contributed by atoms with E-state index in [0.717, 1.165) is 4.88 Å². The van der Waals surface area contributed by atoms with Gasteiger partial charge in [0.05, 0.1) is 9.35 Å². The second-order valence-electron chi connectivity index (χ2n) is 5.34. The van der Waals surface area contributed by atoms with Gasteiger partial charge in [-0.15, -0.1) is 11.3 Å².